The molecule has 2 heterocycles. The Kier molecular flexibility index (Phi) is 2.91. The van der Waals surface area contributed by atoms with Gasteiger partial charge in [-0.05, 0) is 13.8 Å². The summed E-state index contributed by atoms with van der Waals surface area (Å²) in [5.41, 5.74) is -0.659. The molecule has 6 heteroatoms. The molecule has 6 nitrogen and oxygen atoms in total. The molecule has 0 unspecified atom stereocenters. The zero-order valence-electron chi connectivity index (χ0n) is 9.68. The number of amides is 1. The van der Waals surface area contributed by atoms with Gasteiger partial charge in [0.2, 0.25) is 5.91 Å². The molecule has 88 valence electrons. The van der Waals surface area contributed by atoms with E-state index in [0.29, 0.717) is 0 Å². The SMILES string of the molecule is CC(C)(C(=O)N1CCNCC1)n1cncn1. The summed E-state index contributed by atoms with van der Waals surface area (Å²) >= 11 is 0. The largest absolute Gasteiger partial charge is 0.338 e. The lowest BCUT2D eigenvalue weighted by molar-refractivity contribution is -0.140. The van der Waals surface area contributed by atoms with Crippen LogP contribution in [0, 0.1) is 0 Å². The molecule has 1 fully saturated rings. The number of aromatic nitrogens is 3. The van der Waals surface area contributed by atoms with E-state index < -0.39 is 5.54 Å². The lowest BCUT2D eigenvalue weighted by Gasteiger charge is -2.34. The summed E-state index contributed by atoms with van der Waals surface area (Å²) in [6.45, 7) is 6.98. The van der Waals surface area contributed by atoms with E-state index >= 15 is 0 Å². The highest BCUT2D eigenvalue weighted by Crippen LogP contribution is 2.17. The van der Waals surface area contributed by atoms with Gasteiger partial charge in [0.15, 0.2) is 0 Å². The number of nitrogens with zero attached hydrogens (tertiary/aromatic N) is 4. The Balaban J connectivity index is 2.13. The van der Waals surface area contributed by atoms with Crippen LogP contribution < -0.4 is 5.32 Å². The van der Waals surface area contributed by atoms with E-state index in [1.165, 1.54) is 6.33 Å². The van der Waals surface area contributed by atoms with Crippen LogP contribution in [0.5, 0.6) is 0 Å². The van der Waals surface area contributed by atoms with Crippen LogP contribution >= 0.6 is 0 Å². The van der Waals surface area contributed by atoms with Gasteiger partial charge in [0.1, 0.15) is 18.2 Å². The van der Waals surface area contributed by atoms with E-state index in [1.807, 2.05) is 18.7 Å². The van der Waals surface area contributed by atoms with Crippen LogP contribution in [0.3, 0.4) is 0 Å². The maximum Gasteiger partial charge on any atom is 0.250 e. The summed E-state index contributed by atoms with van der Waals surface area (Å²) in [6.07, 6.45) is 3.03. The van der Waals surface area contributed by atoms with Crippen molar-refractivity contribution in [2.75, 3.05) is 26.2 Å². The van der Waals surface area contributed by atoms with Gasteiger partial charge >= 0.3 is 0 Å². The highest BCUT2D eigenvalue weighted by atomic mass is 16.2. The van der Waals surface area contributed by atoms with E-state index in [0.717, 1.165) is 26.2 Å². The van der Waals surface area contributed by atoms with Crippen molar-refractivity contribution in [3.8, 4) is 0 Å². The molecule has 16 heavy (non-hydrogen) atoms. The van der Waals surface area contributed by atoms with Crippen LogP contribution in [0.15, 0.2) is 12.7 Å². The molecule has 1 aromatic rings. The first-order chi connectivity index (χ1) is 7.62. The Morgan fingerprint density at radius 3 is 2.62 bits per heavy atom. The van der Waals surface area contributed by atoms with Crippen molar-refractivity contribution < 1.29 is 4.79 Å². The van der Waals surface area contributed by atoms with Gasteiger partial charge in [-0.1, -0.05) is 0 Å². The summed E-state index contributed by atoms with van der Waals surface area (Å²) in [5, 5.41) is 7.27. The van der Waals surface area contributed by atoms with Gasteiger partial charge in [-0.2, -0.15) is 5.10 Å². The zero-order valence-corrected chi connectivity index (χ0v) is 9.68. The predicted molar refractivity (Wildman–Crippen MR) is 58.8 cm³/mol. The van der Waals surface area contributed by atoms with Gasteiger partial charge in [-0.3, -0.25) is 4.79 Å². The summed E-state index contributed by atoms with van der Waals surface area (Å²) in [6, 6.07) is 0. The normalized spacial score (nSPS) is 17.5. The number of rotatable bonds is 2. The molecule has 2 rings (SSSR count). The first-order valence-electron chi connectivity index (χ1n) is 5.47. The van der Waals surface area contributed by atoms with Crippen LogP contribution in [0.4, 0.5) is 0 Å². The first-order valence-corrected chi connectivity index (χ1v) is 5.47. The monoisotopic (exact) mass is 223 g/mol. The van der Waals surface area contributed by atoms with E-state index in [9.17, 15) is 4.79 Å². The minimum Gasteiger partial charge on any atom is -0.338 e. The molecule has 1 aliphatic heterocycles. The number of piperazine rings is 1. The van der Waals surface area contributed by atoms with Crippen LogP contribution in [-0.4, -0.2) is 51.8 Å². The number of hydrogen-bond acceptors (Lipinski definition) is 4. The van der Waals surface area contributed by atoms with Crippen molar-refractivity contribution >= 4 is 5.91 Å². The number of carbonyl (C=O) groups is 1. The Bertz CT molecular complexity index is 353. The number of carbonyl (C=O) groups excluding carboxylic acids is 1. The maximum absolute atomic E-state index is 12.3. The Hall–Kier alpha value is -1.43. The van der Waals surface area contributed by atoms with Gasteiger partial charge in [0.25, 0.3) is 0 Å². The first kappa shape index (κ1) is 11.1. The fraction of sp³-hybridized carbons (Fsp3) is 0.700. The standard InChI is InChI=1S/C10H17N5O/c1-10(2,15-8-12-7-13-15)9(16)14-5-3-11-4-6-14/h7-8,11H,3-6H2,1-2H3. The van der Waals surface area contributed by atoms with E-state index in [4.69, 9.17) is 0 Å². The van der Waals surface area contributed by atoms with Gasteiger partial charge in [-0.25, -0.2) is 9.67 Å². The van der Waals surface area contributed by atoms with Crippen LogP contribution in [0.25, 0.3) is 0 Å². The molecule has 0 atom stereocenters. The Morgan fingerprint density at radius 2 is 2.06 bits per heavy atom. The zero-order chi connectivity index (χ0) is 11.6. The lowest BCUT2D eigenvalue weighted by Crippen LogP contribution is -2.53. The molecular weight excluding hydrogens is 206 g/mol. The molecule has 0 radical (unpaired) electrons. The smallest absolute Gasteiger partial charge is 0.250 e. The van der Waals surface area contributed by atoms with E-state index in [-0.39, 0.29) is 5.91 Å². The summed E-state index contributed by atoms with van der Waals surface area (Å²) in [5.74, 6) is 0.0968. The molecule has 0 aromatic carbocycles. The van der Waals surface area contributed by atoms with Crippen molar-refractivity contribution in [2.24, 2.45) is 0 Å². The van der Waals surface area contributed by atoms with Crippen molar-refractivity contribution in [1.29, 1.82) is 0 Å². The molecule has 0 saturated carbocycles. The van der Waals surface area contributed by atoms with Crippen molar-refractivity contribution in [3.05, 3.63) is 12.7 Å². The van der Waals surface area contributed by atoms with Gasteiger partial charge in [0, 0.05) is 26.2 Å². The third-order valence-electron chi connectivity index (χ3n) is 2.92. The quantitative estimate of drug-likeness (QED) is 0.730. The molecule has 1 aromatic heterocycles. The number of nitrogens with one attached hydrogen (secondary N) is 1. The second kappa shape index (κ2) is 4.21. The van der Waals surface area contributed by atoms with Crippen LogP contribution in [-0.2, 0) is 10.3 Å². The van der Waals surface area contributed by atoms with Crippen molar-refractivity contribution in [1.82, 2.24) is 25.0 Å². The van der Waals surface area contributed by atoms with E-state index in [1.54, 1.807) is 11.0 Å². The summed E-state index contributed by atoms with van der Waals surface area (Å²) in [4.78, 5) is 18.1. The lowest BCUT2D eigenvalue weighted by atomic mass is 10.0. The molecule has 0 bridgehead atoms. The minimum absolute atomic E-state index is 0.0968. The van der Waals surface area contributed by atoms with Gasteiger partial charge < -0.3 is 10.2 Å². The second-order valence-electron chi connectivity index (χ2n) is 4.44. The molecule has 1 amide bonds. The molecule has 1 saturated heterocycles. The fourth-order valence-corrected chi connectivity index (χ4v) is 1.85. The van der Waals surface area contributed by atoms with Crippen LogP contribution in [0.2, 0.25) is 0 Å². The van der Waals surface area contributed by atoms with Crippen molar-refractivity contribution in [2.45, 2.75) is 19.4 Å². The molecular formula is C10H17N5O. The van der Waals surface area contributed by atoms with Gasteiger partial charge in [-0.15, -0.1) is 0 Å². The van der Waals surface area contributed by atoms with Crippen LogP contribution in [0.1, 0.15) is 13.8 Å². The van der Waals surface area contributed by atoms with E-state index in [2.05, 4.69) is 15.4 Å². The Labute approximate surface area is 94.6 Å². The summed E-state index contributed by atoms with van der Waals surface area (Å²) in [7, 11) is 0. The average molecular weight is 223 g/mol. The van der Waals surface area contributed by atoms with Crippen molar-refractivity contribution in [3.63, 3.8) is 0 Å². The predicted octanol–water partition coefficient (Wildman–Crippen LogP) is -0.555. The number of hydrogen-bond donors (Lipinski definition) is 1. The fourth-order valence-electron chi connectivity index (χ4n) is 1.85. The highest BCUT2D eigenvalue weighted by molar-refractivity contribution is 5.83. The highest BCUT2D eigenvalue weighted by Gasteiger charge is 2.34. The molecule has 1 aliphatic rings. The second-order valence-corrected chi connectivity index (χ2v) is 4.44. The molecule has 1 N–H and O–H groups in total. The minimum atomic E-state index is -0.659. The molecule has 0 spiro atoms. The maximum atomic E-state index is 12.3. The third-order valence-corrected chi connectivity index (χ3v) is 2.92. The topological polar surface area (TPSA) is 63.1 Å². The van der Waals surface area contributed by atoms with Gasteiger partial charge in [0.05, 0.1) is 0 Å². The summed E-state index contributed by atoms with van der Waals surface area (Å²) < 4.78 is 1.61. The third kappa shape index (κ3) is 1.92. The molecule has 0 aliphatic carbocycles. The average Bonchev–Trinajstić information content (AvgIpc) is 2.83. The Morgan fingerprint density at radius 1 is 1.38 bits per heavy atom.